The topological polar surface area (TPSA) is 110 Å². The predicted molar refractivity (Wildman–Crippen MR) is 74.9 cm³/mol. The molecule has 108 valence electrons. The van der Waals surface area contributed by atoms with Crippen molar-refractivity contribution in [3.05, 3.63) is 16.7 Å². The molecule has 2 N–H and O–H groups in total. The molecular formula is C11H14ClN5O3. The summed E-state index contributed by atoms with van der Waals surface area (Å²) in [7, 11) is 0. The lowest BCUT2D eigenvalue weighted by atomic mass is 10.2. The molecular weight excluding hydrogens is 286 g/mol. The van der Waals surface area contributed by atoms with E-state index in [1.165, 1.54) is 10.9 Å². The summed E-state index contributed by atoms with van der Waals surface area (Å²) in [6.07, 6.45) is 2.03. The van der Waals surface area contributed by atoms with Gasteiger partial charge in [0.25, 0.3) is 5.56 Å². The van der Waals surface area contributed by atoms with Crippen LogP contribution in [0, 0.1) is 5.92 Å². The Kier molecular flexibility index (Phi) is 4.98. The van der Waals surface area contributed by atoms with E-state index in [1.807, 2.05) is 0 Å². The second-order valence-corrected chi connectivity index (χ2v) is 4.29. The number of fused-ring (bicyclic) bond motifs is 1. The molecule has 0 radical (unpaired) electrons. The van der Waals surface area contributed by atoms with E-state index in [2.05, 4.69) is 20.3 Å². The van der Waals surface area contributed by atoms with Crippen molar-refractivity contribution in [3.8, 4) is 0 Å². The summed E-state index contributed by atoms with van der Waals surface area (Å²) in [5.41, 5.74) is -0.0759. The normalized spacial score (nSPS) is 10.3. The number of carbonyl (C=O) groups is 2. The Labute approximate surface area is 120 Å². The number of nitrogens with zero attached hydrogens (tertiary/aromatic N) is 3. The number of rotatable bonds is 4. The lowest BCUT2D eigenvalue weighted by molar-refractivity contribution is -0.119. The van der Waals surface area contributed by atoms with E-state index in [0.717, 1.165) is 0 Å². The van der Waals surface area contributed by atoms with Gasteiger partial charge in [0.15, 0.2) is 11.2 Å². The first-order chi connectivity index (χ1) is 9.02. The molecule has 0 spiro atoms. The third-order valence-corrected chi connectivity index (χ3v) is 2.51. The number of aromatic amines is 1. The molecule has 2 heterocycles. The molecule has 0 aliphatic carbocycles. The van der Waals surface area contributed by atoms with Crippen molar-refractivity contribution in [2.75, 3.05) is 5.32 Å². The van der Waals surface area contributed by atoms with Gasteiger partial charge in [0.05, 0.1) is 12.9 Å². The summed E-state index contributed by atoms with van der Waals surface area (Å²) < 4.78 is 1.43. The first-order valence-electron chi connectivity index (χ1n) is 5.72. The zero-order chi connectivity index (χ0) is 14.0. The van der Waals surface area contributed by atoms with Crippen LogP contribution in [0.4, 0.5) is 5.95 Å². The van der Waals surface area contributed by atoms with Gasteiger partial charge in [-0.25, -0.2) is 4.98 Å². The quantitative estimate of drug-likeness (QED) is 0.791. The number of H-pyrrole nitrogens is 1. The van der Waals surface area contributed by atoms with Crippen LogP contribution in [0.2, 0.25) is 0 Å². The molecule has 0 saturated heterocycles. The van der Waals surface area contributed by atoms with Crippen molar-refractivity contribution in [1.82, 2.24) is 19.5 Å². The van der Waals surface area contributed by atoms with Crippen LogP contribution < -0.4 is 10.9 Å². The molecule has 0 aliphatic heterocycles. The molecule has 1 amide bonds. The number of aromatic nitrogens is 4. The highest BCUT2D eigenvalue weighted by atomic mass is 35.5. The number of anilines is 1. The number of imidazole rings is 1. The second kappa shape index (κ2) is 6.29. The van der Waals surface area contributed by atoms with Gasteiger partial charge in [-0.2, -0.15) is 4.98 Å². The number of hydrogen-bond acceptors (Lipinski definition) is 5. The fourth-order valence-electron chi connectivity index (χ4n) is 1.49. The molecule has 0 bridgehead atoms. The minimum absolute atomic E-state index is 0. The maximum atomic E-state index is 11.8. The van der Waals surface area contributed by atoms with Gasteiger partial charge in [-0.3, -0.25) is 19.9 Å². The van der Waals surface area contributed by atoms with Crippen LogP contribution in [0.1, 0.15) is 13.8 Å². The Morgan fingerprint density at radius 3 is 2.85 bits per heavy atom. The zero-order valence-electron chi connectivity index (χ0n) is 10.9. The van der Waals surface area contributed by atoms with E-state index in [0.29, 0.717) is 6.29 Å². The molecule has 0 atom stereocenters. The molecule has 0 aromatic carbocycles. The Morgan fingerprint density at radius 2 is 2.25 bits per heavy atom. The summed E-state index contributed by atoms with van der Waals surface area (Å²) in [6.45, 7) is 3.50. The molecule has 0 fully saturated rings. The molecule has 2 rings (SSSR count). The van der Waals surface area contributed by atoms with Crippen LogP contribution in [-0.4, -0.2) is 31.7 Å². The molecule has 0 saturated carbocycles. The third-order valence-electron chi connectivity index (χ3n) is 2.51. The molecule has 0 unspecified atom stereocenters. The third kappa shape index (κ3) is 3.02. The van der Waals surface area contributed by atoms with Gasteiger partial charge in [-0.15, -0.1) is 12.4 Å². The van der Waals surface area contributed by atoms with E-state index in [4.69, 9.17) is 0 Å². The Hall–Kier alpha value is -2.22. The summed E-state index contributed by atoms with van der Waals surface area (Å²) >= 11 is 0. The highest BCUT2D eigenvalue weighted by Crippen LogP contribution is 2.08. The van der Waals surface area contributed by atoms with Crippen molar-refractivity contribution in [1.29, 1.82) is 0 Å². The standard InChI is InChI=1S/C11H13N5O3.ClH/c1-6(2)9(18)14-11-13-8-7(10(19)15-11)12-5-16(8)3-4-17;/h4-6H,3H2,1-2H3,(H2,13,14,15,18,19);1H. The van der Waals surface area contributed by atoms with Crippen molar-refractivity contribution in [2.24, 2.45) is 5.92 Å². The Bertz CT molecular complexity index is 691. The minimum atomic E-state index is -0.464. The lowest BCUT2D eigenvalue weighted by Crippen LogP contribution is -2.22. The van der Waals surface area contributed by atoms with E-state index in [9.17, 15) is 14.4 Å². The van der Waals surface area contributed by atoms with E-state index >= 15 is 0 Å². The Balaban J connectivity index is 0.00000200. The number of halogens is 1. The predicted octanol–water partition coefficient (Wildman–Crippen LogP) is 0.335. The van der Waals surface area contributed by atoms with Crippen LogP contribution >= 0.6 is 12.4 Å². The van der Waals surface area contributed by atoms with Gasteiger partial charge in [0.2, 0.25) is 11.9 Å². The van der Waals surface area contributed by atoms with E-state index in [1.54, 1.807) is 13.8 Å². The number of nitrogens with one attached hydrogen (secondary N) is 2. The summed E-state index contributed by atoms with van der Waals surface area (Å²) in [6, 6.07) is 0. The SMILES string of the molecule is CC(C)C(=O)Nc1nc2c(ncn2CC=O)c(=O)[nH]1.Cl. The average molecular weight is 300 g/mol. The molecule has 2 aromatic heterocycles. The molecule has 2 aromatic rings. The Morgan fingerprint density at radius 1 is 1.55 bits per heavy atom. The van der Waals surface area contributed by atoms with Crippen LogP contribution in [0.25, 0.3) is 11.2 Å². The van der Waals surface area contributed by atoms with Crippen molar-refractivity contribution in [2.45, 2.75) is 20.4 Å². The van der Waals surface area contributed by atoms with Gasteiger partial charge in [0, 0.05) is 5.92 Å². The summed E-state index contributed by atoms with van der Waals surface area (Å²) in [5.74, 6) is -0.450. The van der Waals surface area contributed by atoms with E-state index in [-0.39, 0.29) is 47.9 Å². The van der Waals surface area contributed by atoms with Crippen molar-refractivity contribution < 1.29 is 9.59 Å². The number of hydrogen-bond donors (Lipinski definition) is 2. The first kappa shape index (κ1) is 15.8. The van der Waals surface area contributed by atoms with Gasteiger partial charge in [0.1, 0.15) is 6.29 Å². The molecule has 8 nitrogen and oxygen atoms in total. The van der Waals surface area contributed by atoms with Crippen LogP contribution in [0.5, 0.6) is 0 Å². The highest BCUT2D eigenvalue weighted by molar-refractivity contribution is 5.91. The first-order valence-corrected chi connectivity index (χ1v) is 5.72. The highest BCUT2D eigenvalue weighted by Gasteiger charge is 2.13. The zero-order valence-corrected chi connectivity index (χ0v) is 11.7. The number of carbonyl (C=O) groups excluding carboxylic acids is 2. The second-order valence-electron chi connectivity index (χ2n) is 4.29. The summed E-state index contributed by atoms with van der Waals surface area (Å²) in [5, 5.41) is 2.50. The minimum Gasteiger partial charge on any atom is -0.308 e. The fourth-order valence-corrected chi connectivity index (χ4v) is 1.49. The van der Waals surface area contributed by atoms with Gasteiger partial charge in [-0.05, 0) is 0 Å². The molecule has 0 aliphatic rings. The van der Waals surface area contributed by atoms with Gasteiger partial charge >= 0.3 is 0 Å². The van der Waals surface area contributed by atoms with Gasteiger partial charge in [-0.1, -0.05) is 13.8 Å². The monoisotopic (exact) mass is 299 g/mol. The maximum Gasteiger partial charge on any atom is 0.280 e. The van der Waals surface area contributed by atoms with Crippen LogP contribution in [0.15, 0.2) is 11.1 Å². The van der Waals surface area contributed by atoms with Crippen LogP contribution in [-0.2, 0) is 16.1 Å². The summed E-state index contributed by atoms with van der Waals surface area (Å²) in [4.78, 5) is 44.2. The van der Waals surface area contributed by atoms with Crippen molar-refractivity contribution >= 4 is 41.7 Å². The lowest BCUT2D eigenvalue weighted by Gasteiger charge is -2.06. The van der Waals surface area contributed by atoms with Crippen LogP contribution in [0.3, 0.4) is 0 Å². The largest absolute Gasteiger partial charge is 0.308 e. The average Bonchev–Trinajstić information content (AvgIpc) is 2.73. The maximum absolute atomic E-state index is 11.8. The van der Waals surface area contributed by atoms with E-state index < -0.39 is 5.56 Å². The van der Waals surface area contributed by atoms with Crippen molar-refractivity contribution in [3.63, 3.8) is 0 Å². The van der Waals surface area contributed by atoms with Gasteiger partial charge < -0.3 is 9.36 Å². The smallest absolute Gasteiger partial charge is 0.280 e. The fraction of sp³-hybridized carbons (Fsp3) is 0.364. The molecule has 9 heteroatoms. The number of aldehydes is 1. The number of amides is 1. The molecule has 20 heavy (non-hydrogen) atoms.